The molecule has 0 amide bonds. The molecular formula is C11H14N2O5. The van der Waals surface area contributed by atoms with Crippen LogP contribution in [-0.4, -0.2) is 29.2 Å². The maximum atomic E-state index is 10.8. The van der Waals surface area contributed by atoms with Gasteiger partial charge in [-0.3, -0.25) is 14.9 Å². The fraction of sp³-hybridized carbons (Fsp3) is 0.364. The van der Waals surface area contributed by atoms with Crippen LogP contribution < -0.4 is 10.1 Å². The van der Waals surface area contributed by atoms with Crippen molar-refractivity contribution in [3.8, 4) is 5.75 Å². The van der Waals surface area contributed by atoms with Gasteiger partial charge in [0.15, 0.2) is 5.75 Å². The number of nitrogens with one attached hydrogen (secondary N) is 1. The highest BCUT2D eigenvalue weighted by Gasteiger charge is 2.15. The molecule has 0 radical (unpaired) electrons. The van der Waals surface area contributed by atoms with Crippen molar-refractivity contribution < 1.29 is 19.6 Å². The molecule has 0 aliphatic heterocycles. The molecule has 0 saturated heterocycles. The summed E-state index contributed by atoms with van der Waals surface area (Å²) in [6, 6.07) is 4.16. The molecule has 1 aromatic carbocycles. The molecule has 1 aromatic rings. The van der Waals surface area contributed by atoms with Crippen LogP contribution in [0.25, 0.3) is 0 Å². The minimum Gasteiger partial charge on any atom is -0.487 e. The Morgan fingerprint density at radius 3 is 2.83 bits per heavy atom. The van der Waals surface area contributed by atoms with Gasteiger partial charge in [-0.1, -0.05) is 6.92 Å². The largest absolute Gasteiger partial charge is 0.487 e. The topological polar surface area (TPSA) is 102 Å². The van der Waals surface area contributed by atoms with Crippen molar-refractivity contribution in [1.82, 2.24) is 0 Å². The lowest BCUT2D eigenvalue weighted by molar-refractivity contribution is -0.385. The lowest BCUT2D eigenvalue weighted by Crippen LogP contribution is -2.12. The van der Waals surface area contributed by atoms with Crippen molar-refractivity contribution in [3.05, 3.63) is 28.3 Å². The Kier molecular flexibility index (Phi) is 4.91. The van der Waals surface area contributed by atoms with Crippen molar-refractivity contribution in [3.63, 3.8) is 0 Å². The van der Waals surface area contributed by atoms with E-state index in [-0.39, 0.29) is 18.0 Å². The first-order valence-corrected chi connectivity index (χ1v) is 5.41. The Balaban J connectivity index is 2.89. The van der Waals surface area contributed by atoms with Crippen LogP contribution in [0, 0.1) is 10.1 Å². The highest BCUT2D eigenvalue weighted by atomic mass is 16.6. The van der Waals surface area contributed by atoms with Gasteiger partial charge in [-0.15, -0.1) is 0 Å². The predicted octanol–water partition coefficient (Wildman–Crippen LogP) is 1.88. The first-order valence-electron chi connectivity index (χ1n) is 5.41. The molecule has 0 heterocycles. The van der Waals surface area contributed by atoms with E-state index < -0.39 is 10.9 Å². The minimum absolute atomic E-state index is 0.135. The number of aliphatic carboxylic acids is 1. The third-order valence-corrected chi connectivity index (χ3v) is 2.06. The van der Waals surface area contributed by atoms with E-state index >= 15 is 0 Å². The van der Waals surface area contributed by atoms with Crippen molar-refractivity contribution in [1.29, 1.82) is 0 Å². The van der Waals surface area contributed by atoms with E-state index in [1.165, 1.54) is 18.2 Å². The Bertz CT molecular complexity index is 447. The maximum Gasteiger partial charge on any atom is 0.322 e. The van der Waals surface area contributed by atoms with Crippen LogP contribution in [0.3, 0.4) is 0 Å². The van der Waals surface area contributed by atoms with Crippen molar-refractivity contribution in [2.75, 3.05) is 18.5 Å². The molecule has 0 spiro atoms. The van der Waals surface area contributed by atoms with Gasteiger partial charge >= 0.3 is 11.7 Å². The van der Waals surface area contributed by atoms with Gasteiger partial charge in [-0.05, 0) is 12.5 Å². The van der Waals surface area contributed by atoms with Crippen LogP contribution in [0.1, 0.15) is 13.3 Å². The van der Waals surface area contributed by atoms with Gasteiger partial charge in [0.2, 0.25) is 0 Å². The van der Waals surface area contributed by atoms with Crippen LogP contribution in [0.15, 0.2) is 18.2 Å². The lowest BCUT2D eigenvalue weighted by atomic mass is 10.2. The standard InChI is InChI=1S/C11H14N2O5/c1-2-5-18-10-6-8(12-7-11(14)15)3-4-9(10)13(16)17/h3-4,6,12H,2,5,7H2,1H3,(H,14,15). The zero-order valence-electron chi connectivity index (χ0n) is 9.88. The lowest BCUT2D eigenvalue weighted by Gasteiger charge is -2.08. The second-order valence-corrected chi connectivity index (χ2v) is 3.54. The second kappa shape index (κ2) is 6.43. The van der Waals surface area contributed by atoms with Gasteiger partial charge in [0.25, 0.3) is 0 Å². The van der Waals surface area contributed by atoms with Crippen LogP contribution in [-0.2, 0) is 4.79 Å². The van der Waals surface area contributed by atoms with Gasteiger partial charge in [-0.2, -0.15) is 0 Å². The Morgan fingerprint density at radius 2 is 2.28 bits per heavy atom. The molecule has 2 N–H and O–H groups in total. The highest BCUT2D eigenvalue weighted by molar-refractivity contribution is 5.73. The Morgan fingerprint density at radius 1 is 1.56 bits per heavy atom. The molecule has 18 heavy (non-hydrogen) atoms. The third-order valence-electron chi connectivity index (χ3n) is 2.06. The Hall–Kier alpha value is -2.31. The molecule has 0 aromatic heterocycles. The van der Waals surface area contributed by atoms with E-state index in [9.17, 15) is 14.9 Å². The number of carboxylic acids is 1. The number of benzene rings is 1. The fourth-order valence-electron chi connectivity index (χ4n) is 1.28. The van der Waals surface area contributed by atoms with E-state index in [1.54, 1.807) is 0 Å². The molecule has 0 saturated carbocycles. The summed E-state index contributed by atoms with van der Waals surface area (Å²) in [6.07, 6.45) is 0.726. The summed E-state index contributed by atoms with van der Waals surface area (Å²) in [5.74, 6) is -0.874. The van der Waals surface area contributed by atoms with E-state index in [4.69, 9.17) is 9.84 Å². The number of hydrogen-bond acceptors (Lipinski definition) is 5. The number of hydrogen-bond donors (Lipinski definition) is 2. The minimum atomic E-state index is -1.01. The van der Waals surface area contributed by atoms with Crippen LogP contribution in [0.2, 0.25) is 0 Å². The molecule has 7 nitrogen and oxygen atoms in total. The quantitative estimate of drug-likeness (QED) is 0.569. The third kappa shape index (κ3) is 3.93. The summed E-state index contributed by atoms with van der Waals surface area (Å²) in [5, 5.41) is 21.9. The summed E-state index contributed by atoms with van der Waals surface area (Å²) in [4.78, 5) is 20.6. The number of anilines is 1. The number of ether oxygens (including phenoxy) is 1. The number of carbonyl (C=O) groups is 1. The van der Waals surface area contributed by atoms with E-state index in [0.29, 0.717) is 12.3 Å². The van der Waals surface area contributed by atoms with Crippen LogP contribution in [0.4, 0.5) is 11.4 Å². The molecule has 0 aliphatic carbocycles. The number of nitro groups is 1. The second-order valence-electron chi connectivity index (χ2n) is 3.54. The van der Waals surface area contributed by atoms with Gasteiger partial charge < -0.3 is 15.2 Å². The molecular weight excluding hydrogens is 240 g/mol. The van der Waals surface area contributed by atoms with Gasteiger partial charge in [0, 0.05) is 17.8 Å². The zero-order chi connectivity index (χ0) is 13.5. The normalized spacial score (nSPS) is 9.83. The average molecular weight is 254 g/mol. The molecule has 0 aliphatic rings. The first kappa shape index (κ1) is 13.8. The van der Waals surface area contributed by atoms with Gasteiger partial charge in [-0.25, -0.2) is 0 Å². The summed E-state index contributed by atoms with van der Waals surface area (Å²) in [6.45, 7) is 1.99. The zero-order valence-corrected chi connectivity index (χ0v) is 9.88. The average Bonchev–Trinajstić information content (AvgIpc) is 2.33. The maximum absolute atomic E-state index is 10.8. The summed E-state index contributed by atoms with van der Waals surface area (Å²) < 4.78 is 5.27. The molecule has 0 unspecified atom stereocenters. The van der Waals surface area contributed by atoms with Crippen LogP contribution in [0.5, 0.6) is 5.75 Å². The predicted molar refractivity (Wildman–Crippen MR) is 65.0 cm³/mol. The number of nitrogens with zero attached hydrogens (tertiary/aromatic N) is 1. The SMILES string of the molecule is CCCOc1cc(NCC(=O)O)ccc1[N+](=O)[O-]. The summed E-state index contributed by atoms with van der Waals surface area (Å²) >= 11 is 0. The highest BCUT2D eigenvalue weighted by Crippen LogP contribution is 2.30. The number of rotatable bonds is 7. The molecule has 1 rings (SSSR count). The van der Waals surface area contributed by atoms with E-state index in [2.05, 4.69) is 5.32 Å². The smallest absolute Gasteiger partial charge is 0.322 e. The Labute approximate surface area is 104 Å². The van der Waals surface area contributed by atoms with Crippen molar-refractivity contribution >= 4 is 17.3 Å². The van der Waals surface area contributed by atoms with Crippen molar-refractivity contribution in [2.24, 2.45) is 0 Å². The van der Waals surface area contributed by atoms with Crippen molar-refractivity contribution in [2.45, 2.75) is 13.3 Å². The molecule has 0 fully saturated rings. The van der Waals surface area contributed by atoms with Crippen LogP contribution >= 0.6 is 0 Å². The fourth-order valence-corrected chi connectivity index (χ4v) is 1.28. The molecule has 98 valence electrons. The molecule has 7 heteroatoms. The molecule has 0 bridgehead atoms. The number of carboxylic acid groups (broad SMARTS) is 1. The molecule has 0 atom stereocenters. The number of nitro benzene ring substituents is 1. The van der Waals surface area contributed by atoms with E-state index in [0.717, 1.165) is 6.42 Å². The summed E-state index contributed by atoms with van der Waals surface area (Å²) in [7, 11) is 0. The van der Waals surface area contributed by atoms with Gasteiger partial charge in [0.1, 0.15) is 6.54 Å². The first-order chi connectivity index (χ1) is 8.54. The monoisotopic (exact) mass is 254 g/mol. The van der Waals surface area contributed by atoms with E-state index in [1.807, 2.05) is 6.92 Å². The van der Waals surface area contributed by atoms with Gasteiger partial charge in [0.05, 0.1) is 11.5 Å². The summed E-state index contributed by atoms with van der Waals surface area (Å²) in [5.41, 5.74) is 0.332.